The molecule has 0 aliphatic rings. The average molecular weight is 158 g/mol. The first-order valence-electron chi connectivity index (χ1n) is 4.30. The highest BCUT2D eigenvalue weighted by Gasteiger charge is 1.98. The Labute approximate surface area is 70.5 Å². The summed E-state index contributed by atoms with van der Waals surface area (Å²) in [6.07, 6.45) is 5.59. The maximum absolute atomic E-state index is 2.36. The van der Waals surface area contributed by atoms with Gasteiger partial charge in [0.2, 0.25) is 0 Å². The third-order valence-electron chi connectivity index (χ3n) is 1.83. The topological polar surface area (TPSA) is 0 Å². The highest BCUT2D eigenvalue weighted by molar-refractivity contribution is 8.19. The second-order valence-corrected chi connectivity index (χ2v) is 4.01. The Kier molecular flexibility index (Phi) is 7.83. The summed E-state index contributed by atoms with van der Waals surface area (Å²) >= 11 is 1.96. The predicted octanol–water partition coefficient (Wildman–Crippen LogP) is 2.48. The fourth-order valence-corrected chi connectivity index (χ4v) is 1.67. The highest BCUT2D eigenvalue weighted by atomic mass is 32.2. The molecule has 0 saturated heterocycles. The van der Waals surface area contributed by atoms with Gasteiger partial charge in [0.1, 0.15) is 0 Å². The quantitative estimate of drug-likeness (QED) is 0.422. The molecule has 60 valence electrons. The molecule has 10 heavy (non-hydrogen) atoms. The van der Waals surface area contributed by atoms with Crippen LogP contribution in [-0.4, -0.2) is 12.9 Å². The molecule has 0 amide bonds. The molecule has 1 atom stereocenters. The molecular formula is C8H19BS. The van der Waals surface area contributed by atoms with E-state index in [1.807, 2.05) is 11.6 Å². The van der Waals surface area contributed by atoms with Crippen LogP contribution in [0.3, 0.4) is 0 Å². The van der Waals surface area contributed by atoms with E-state index in [2.05, 4.69) is 21.0 Å². The first-order valence-corrected chi connectivity index (χ1v) is 5.69. The molecule has 0 aliphatic heterocycles. The molecule has 0 spiro atoms. The van der Waals surface area contributed by atoms with E-state index in [4.69, 9.17) is 0 Å². The molecule has 2 heteroatoms. The van der Waals surface area contributed by atoms with Gasteiger partial charge in [-0.1, -0.05) is 26.7 Å². The van der Waals surface area contributed by atoms with E-state index in [0.29, 0.717) is 0 Å². The van der Waals surface area contributed by atoms with Gasteiger partial charge in [-0.25, -0.2) is 11.6 Å². The Hall–Kier alpha value is 0.415. The Morgan fingerprint density at radius 3 is 2.60 bits per heavy atom. The first-order chi connectivity index (χ1) is 4.81. The van der Waals surface area contributed by atoms with Crippen LogP contribution in [0.15, 0.2) is 0 Å². The van der Waals surface area contributed by atoms with Crippen molar-refractivity contribution in [1.29, 1.82) is 0 Å². The van der Waals surface area contributed by atoms with Gasteiger partial charge in [0.25, 0.3) is 0 Å². The fraction of sp³-hybridized carbons (Fsp3) is 1.00. The highest BCUT2D eigenvalue weighted by Crippen LogP contribution is 2.13. The van der Waals surface area contributed by atoms with Gasteiger partial charge in [-0.15, -0.1) is 0 Å². The van der Waals surface area contributed by atoms with Crippen molar-refractivity contribution >= 4 is 18.7 Å². The van der Waals surface area contributed by atoms with Gasteiger partial charge in [0.15, 0.2) is 7.12 Å². The molecule has 0 aliphatic carbocycles. The van der Waals surface area contributed by atoms with E-state index >= 15 is 0 Å². The van der Waals surface area contributed by atoms with Gasteiger partial charge >= 0.3 is 0 Å². The van der Waals surface area contributed by atoms with Crippen LogP contribution in [0.5, 0.6) is 0 Å². The molecule has 0 aromatic heterocycles. The Morgan fingerprint density at radius 2 is 2.10 bits per heavy atom. The summed E-state index contributed by atoms with van der Waals surface area (Å²) in [7, 11) is 2.19. The first kappa shape index (κ1) is 10.4. The van der Waals surface area contributed by atoms with Gasteiger partial charge in [0.05, 0.1) is 0 Å². The van der Waals surface area contributed by atoms with Gasteiger partial charge in [-0.3, -0.25) is 0 Å². The SMILES string of the molecule is BSCCC[C@@H](C)CCC. The number of hydrogen-bond acceptors (Lipinski definition) is 1. The molecule has 0 saturated carbocycles. The van der Waals surface area contributed by atoms with E-state index in [0.717, 1.165) is 5.92 Å². The minimum Gasteiger partial charge on any atom is -0.220 e. The Bertz CT molecular complexity index is 66.3. The van der Waals surface area contributed by atoms with Gasteiger partial charge in [0, 0.05) is 0 Å². The molecule has 0 rings (SSSR count). The van der Waals surface area contributed by atoms with E-state index < -0.39 is 0 Å². The molecule has 0 heterocycles. The maximum Gasteiger partial charge on any atom is 0.173 e. The summed E-state index contributed by atoms with van der Waals surface area (Å²) in [5, 5.41) is 0. The lowest BCUT2D eigenvalue weighted by Gasteiger charge is -2.07. The van der Waals surface area contributed by atoms with E-state index in [1.54, 1.807) is 0 Å². The minimum absolute atomic E-state index is 0.956. The zero-order valence-electron chi connectivity index (χ0n) is 7.52. The smallest absolute Gasteiger partial charge is 0.173 e. The van der Waals surface area contributed by atoms with Crippen molar-refractivity contribution in [1.82, 2.24) is 0 Å². The largest absolute Gasteiger partial charge is 0.220 e. The van der Waals surface area contributed by atoms with Crippen LogP contribution in [-0.2, 0) is 0 Å². The molecule has 0 unspecified atom stereocenters. The molecule has 0 fully saturated rings. The van der Waals surface area contributed by atoms with Crippen molar-refractivity contribution in [2.75, 3.05) is 5.75 Å². The van der Waals surface area contributed by atoms with Crippen molar-refractivity contribution in [3.8, 4) is 0 Å². The molecular weight excluding hydrogens is 139 g/mol. The van der Waals surface area contributed by atoms with Gasteiger partial charge in [-0.05, 0) is 24.5 Å². The van der Waals surface area contributed by atoms with E-state index in [1.165, 1.54) is 31.4 Å². The van der Waals surface area contributed by atoms with Crippen LogP contribution in [0, 0.1) is 5.92 Å². The standard InChI is InChI=1S/C8H19BS/c1-3-5-8(2)6-4-7-10-9/h8H,3-7,9H2,1-2H3/t8-/m0/s1. The molecule has 0 aromatic rings. The van der Waals surface area contributed by atoms with E-state index in [-0.39, 0.29) is 0 Å². The van der Waals surface area contributed by atoms with Crippen molar-refractivity contribution in [3.05, 3.63) is 0 Å². The summed E-state index contributed by atoms with van der Waals surface area (Å²) in [5.74, 6) is 2.30. The number of hydrogen-bond donors (Lipinski definition) is 0. The summed E-state index contributed by atoms with van der Waals surface area (Å²) in [6, 6.07) is 0. The molecule has 0 nitrogen and oxygen atoms in total. The van der Waals surface area contributed by atoms with Crippen molar-refractivity contribution in [2.45, 2.75) is 39.5 Å². The molecule has 0 bridgehead atoms. The zero-order chi connectivity index (χ0) is 7.82. The van der Waals surface area contributed by atoms with E-state index in [9.17, 15) is 0 Å². The third-order valence-corrected chi connectivity index (χ3v) is 2.52. The minimum atomic E-state index is 0.956. The summed E-state index contributed by atoms with van der Waals surface area (Å²) in [6.45, 7) is 4.63. The predicted molar refractivity (Wildman–Crippen MR) is 54.3 cm³/mol. The lowest BCUT2D eigenvalue weighted by molar-refractivity contribution is 0.482. The van der Waals surface area contributed by atoms with Crippen LogP contribution in [0.25, 0.3) is 0 Å². The van der Waals surface area contributed by atoms with Crippen molar-refractivity contribution < 1.29 is 0 Å². The number of rotatable bonds is 6. The normalized spacial score (nSPS) is 13.4. The lowest BCUT2D eigenvalue weighted by atomic mass is 10.0. The van der Waals surface area contributed by atoms with Crippen molar-refractivity contribution in [2.24, 2.45) is 5.92 Å². The van der Waals surface area contributed by atoms with Gasteiger partial charge < -0.3 is 0 Å². The average Bonchev–Trinajstić information content (AvgIpc) is 1.89. The molecule has 0 aromatic carbocycles. The van der Waals surface area contributed by atoms with Crippen LogP contribution in [0.4, 0.5) is 0 Å². The lowest BCUT2D eigenvalue weighted by Crippen LogP contribution is -1.94. The van der Waals surface area contributed by atoms with Crippen LogP contribution in [0.1, 0.15) is 39.5 Å². The summed E-state index contributed by atoms with van der Waals surface area (Å²) < 4.78 is 0. The summed E-state index contributed by atoms with van der Waals surface area (Å²) in [5.41, 5.74) is 0. The third kappa shape index (κ3) is 6.53. The molecule has 0 N–H and O–H groups in total. The monoisotopic (exact) mass is 158 g/mol. The Morgan fingerprint density at radius 1 is 1.40 bits per heavy atom. The maximum atomic E-state index is 2.36. The second kappa shape index (κ2) is 7.52. The Balaban J connectivity index is 2.97. The van der Waals surface area contributed by atoms with Crippen LogP contribution >= 0.6 is 11.6 Å². The van der Waals surface area contributed by atoms with Crippen LogP contribution in [0.2, 0.25) is 0 Å². The van der Waals surface area contributed by atoms with Crippen molar-refractivity contribution in [3.63, 3.8) is 0 Å². The fourth-order valence-electron chi connectivity index (χ4n) is 1.21. The van der Waals surface area contributed by atoms with Crippen LogP contribution < -0.4 is 0 Å². The second-order valence-electron chi connectivity index (χ2n) is 3.03. The molecule has 0 radical (unpaired) electrons. The van der Waals surface area contributed by atoms with Gasteiger partial charge in [-0.2, -0.15) is 0 Å². The summed E-state index contributed by atoms with van der Waals surface area (Å²) in [4.78, 5) is 0. The zero-order valence-corrected chi connectivity index (χ0v) is 8.34.